The Hall–Kier alpha value is -1.55. The maximum atomic E-state index is 12.6. The third-order valence-electron chi connectivity index (χ3n) is 3.71. The van der Waals surface area contributed by atoms with Crippen LogP contribution in [0.2, 0.25) is 0 Å². The fourth-order valence-corrected chi connectivity index (χ4v) is 2.54. The first-order valence-corrected chi connectivity index (χ1v) is 7.30. The lowest BCUT2D eigenvalue weighted by atomic mass is 10.1. The van der Waals surface area contributed by atoms with Crippen LogP contribution < -0.4 is 5.32 Å². The van der Waals surface area contributed by atoms with E-state index in [0.29, 0.717) is 13.2 Å². The highest BCUT2D eigenvalue weighted by molar-refractivity contribution is 5.95. The highest BCUT2D eigenvalue weighted by Crippen LogP contribution is 2.20. The molecule has 2 atom stereocenters. The van der Waals surface area contributed by atoms with E-state index in [1.54, 1.807) is 0 Å². The number of benzene rings is 1. The molecule has 1 aromatic rings. The molecule has 1 aromatic carbocycles. The summed E-state index contributed by atoms with van der Waals surface area (Å²) in [7, 11) is 0. The number of hydrogen-bond donors (Lipinski definition) is 1. The van der Waals surface area contributed by atoms with Gasteiger partial charge in [-0.2, -0.15) is 0 Å². The van der Waals surface area contributed by atoms with Crippen LogP contribution in [-0.4, -0.2) is 42.6 Å². The number of rotatable bonds is 3. The second-order valence-corrected chi connectivity index (χ2v) is 5.51. The predicted molar refractivity (Wildman–Crippen MR) is 81.3 cm³/mol. The van der Waals surface area contributed by atoms with Crippen molar-refractivity contribution in [3.05, 3.63) is 29.3 Å². The number of morpholine rings is 1. The minimum Gasteiger partial charge on any atom is -0.385 e. The van der Waals surface area contributed by atoms with Gasteiger partial charge in [-0.25, -0.2) is 0 Å². The molecular weight excluding hydrogens is 252 g/mol. The van der Waals surface area contributed by atoms with Gasteiger partial charge in [0.2, 0.25) is 0 Å². The van der Waals surface area contributed by atoms with Crippen LogP contribution in [0, 0.1) is 6.92 Å². The van der Waals surface area contributed by atoms with Gasteiger partial charge in [0.1, 0.15) is 0 Å². The van der Waals surface area contributed by atoms with Gasteiger partial charge in [0.25, 0.3) is 5.91 Å². The molecule has 0 saturated carbocycles. The topological polar surface area (TPSA) is 41.6 Å². The first-order chi connectivity index (χ1) is 9.52. The summed E-state index contributed by atoms with van der Waals surface area (Å²) >= 11 is 0. The number of aryl methyl sites for hydroxylation is 1. The monoisotopic (exact) mass is 276 g/mol. The van der Waals surface area contributed by atoms with Crippen LogP contribution in [0.15, 0.2) is 18.2 Å². The van der Waals surface area contributed by atoms with Gasteiger partial charge in [-0.3, -0.25) is 4.79 Å². The number of carbonyl (C=O) groups excluding carboxylic acids is 1. The second kappa shape index (κ2) is 6.27. The largest absolute Gasteiger partial charge is 0.385 e. The summed E-state index contributed by atoms with van der Waals surface area (Å²) in [5.74, 6) is 0.0961. The number of amides is 1. The van der Waals surface area contributed by atoms with Crippen LogP contribution >= 0.6 is 0 Å². The minimum atomic E-state index is 0.0961. The fourth-order valence-electron chi connectivity index (χ4n) is 2.54. The van der Waals surface area contributed by atoms with Gasteiger partial charge in [0.15, 0.2) is 0 Å². The van der Waals surface area contributed by atoms with Gasteiger partial charge < -0.3 is 15.0 Å². The maximum Gasteiger partial charge on any atom is 0.254 e. The van der Waals surface area contributed by atoms with Crippen molar-refractivity contribution in [3.8, 4) is 0 Å². The zero-order chi connectivity index (χ0) is 14.7. The Morgan fingerprint density at radius 1 is 1.45 bits per heavy atom. The molecule has 2 rings (SSSR count). The van der Waals surface area contributed by atoms with Crippen molar-refractivity contribution in [1.82, 2.24) is 4.90 Å². The zero-order valence-electron chi connectivity index (χ0n) is 12.8. The third-order valence-corrected chi connectivity index (χ3v) is 3.71. The second-order valence-electron chi connectivity index (χ2n) is 5.51. The van der Waals surface area contributed by atoms with Crippen LogP contribution in [0.5, 0.6) is 0 Å². The average Bonchev–Trinajstić information content (AvgIpc) is 2.43. The van der Waals surface area contributed by atoms with Crippen molar-refractivity contribution >= 4 is 11.6 Å². The third kappa shape index (κ3) is 3.12. The van der Waals surface area contributed by atoms with Crippen LogP contribution in [0.4, 0.5) is 5.69 Å². The Bertz CT molecular complexity index is 487. The zero-order valence-corrected chi connectivity index (χ0v) is 12.8. The van der Waals surface area contributed by atoms with Crippen molar-refractivity contribution in [1.29, 1.82) is 0 Å². The van der Waals surface area contributed by atoms with Crippen molar-refractivity contribution < 1.29 is 9.53 Å². The SMILES string of the molecule is CCNc1ccc(C(=O)N2CC(C)OCC2C)cc1C. The lowest BCUT2D eigenvalue weighted by Gasteiger charge is -2.37. The van der Waals surface area contributed by atoms with Gasteiger partial charge in [-0.1, -0.05) is 0 Å². The fraction of sp³-hybridized carbons (Fsp3) is 0.562. The Balaban J connectivity index is 2.18. The van der Waals surface area contributed by atoms with Gasteiger partial charge in [0, 0.05) is 24.3 Å². The smallest absolute Gasteiger partial charge is 0.254 e. The number of anilines is 1. The molecule has 4 heteroatoms. The van der Waals surface area contributed by atoms with E-state index < -0.39 is 0 Å². The molecule has 1 amide bonds. The lowest BCUT2D eigenvalue weighted by Crippen LogP contribution is -2.50. The van der Waals surface area contributed by atoms with E-state index in [0.717, 1.165) is 23.4 Å². The van der Waals surface area contributed by atoms with Crippen LogP contribution in [0.3, 0.4) is 0 Å². The number of nitrogens with one attached hydrogen (secondary N) is 1. The molecule has 0 aromatic heterocycles. The number of nitrogens with zero attached hydrogens (tertiary/aromatic N) is 1. The van der Waals surface area contributed by atoms with E-state index in [1.807, 2.05) is 43.9 Å². The van der Waals surface area contributed by atoms with Crippen LogP contribution in [0.25, 0.3) is 0 Å². The average molecular weight is 276 g/mol. The summed E-state index contributed by atoms with van der Waals surface area (Å²) in [6.45, 7) is 10.3. The minimum absolute atomic E-state index is 0.0961. The Kier molecular flexibility index (Phi) is 4.65. The molecule has 1 N–H and O–H groups in total. The quantitative estimate of drug-likeness (QED) is 0.923. The molecule has 0 radical (unpaired) electrons. The summed E-state index contributed by atoms with van der Waals surface area (Å²) in [6.07, 6.45) is 0.109. The molecule has 110 valence electrons. The Morgan fingerprint density at radius 2 is 2.20 bits per heavy atom. The highest BCUT2D eigenvalue weighted by atomic mass is 16.5. The van der Waals surface area contributed by atoms with E-state index >= 15 is 0 Å². The van der Waals surface area contributed by atoms with Gasteiger partial charge in [-0.15, -0.1) is 0 Å². The standard InChI is InChI=1S/C16H24N2O2/c1-5-17-15-7-6-14(8-11(15)2)16(19)18-9-13(4)20-10-12(18)3/h6-8,12-13,17H,5,9-10H2,1-4H3. The normalized spacial score (nSPS) is 22.7. The van der Waals surface area contributed by atoms with Crippen molar-refractivity contribution in [2.24, 2.45) is 0 Å². The maximum absolute atomic E-state index is 12.6. The van der Waals surface area contributed by atoms with Crippen LogP contribution in [0.1, 0.15) is 36.7 Å². The number of ether oxygens (including phenoxy) is 1. The molecule has 4 nitrogen and oxygen atoms in total. The molecular formula is C16H24N2O2. The van der Waals surface area contributed by atoms with Gasteiger partial charge in [-0.05, 0) is 51.5 Å². The molecule has 20 heavy (non-hydrogen) atoms. The molecule has 0 spiro atoms. The molecule has 1 aliphatic heterocycles. The highest BCUT2D eigenvalue weighted by Gasteiger charge is 2.28. The first kappa shape index (κ1) is 14.9. The van der Waals surface area contributed by atoms with Gasteiger partial charge >= 0.3 is 0 Å². The lowest BCUT2D eigenvalue weighted by molar-refractivity contribution is -0.0387. The predicted octanol–water partition coefficient (Wildman–Crippen LogP) is 2.68. The number of carbonyl (C=O) groups is 1. The van der Waals surface area contributed by atoms with E-state index in [-0.39, 0.29) is 18.1 Å². The Labute approximate surface area is 121 Å². The molecule has 1 heterocycles. The molecule has 1 aliphatic rings. The molecule has 1 saturated heterocycles. The van der Waals surface area contributed by atoms with E-state index in [9.17, 15) is 4.79 Å². The summed E-state index contributed by atoms with van der Waals surface area (Å²) in [4.78, 5) is 14.5. The molecule has 2 unspecified atom stereocenters. The van der Waals surface area contributed by atoms with E-state index in [2.05, 4.69) is 12.2 Å². The van der Waals surface area contributed by atoms with Crippen molar-refractivity contribution in [2.45, 2.75) is 39.8 Å². The van der Waals surface area contributed by atoms with E-state index in [1.165, 1.54) is 0 Å². The molecule has 0 aliphatic carbocycles. The van der Waals surface area contributed by atoms with Gasteiger partial charge in [0.05, 0.1) is 18.8 Å². The summed E-state index contributed by atoms with van der Waals surface area (Å²) in [5.41, 5.74) is 2.95. The van der Waals surface area contributed by atoms with E-state index in [4.69, 9.17) is 4.74 Å². The van der Waals surface area contributed by atoms with Crippen molar-refractivity contribution in [3.63, 3.8) is 0 Å². The molecule has 0 bridgehead atoms. The van der Waals surface area contributed by atoms with Crippen LogP contribution in [-0.2, 0) is 4.74 Å². The Morgan fingerprint density at radius 3 is 2.85 bits per heavy atom. The first-order valence-electron chi connectivity index (χ1n) is 7.30. The summed E-state index contributed by atoms with van der Waals surface area (Å²) in [6, 6.07) is 5.99. The number of hydrogen-bond acceptors (Lipinski definition) is 3. The summed E-state index contributed by atoms with van der Waals surface area (Å²) in [5, 5.41) is 3.29. The van der Waals surface area contributed by atoms with Crippen molar-refractivity contribution in [2.75, 3.05) is 25.0 Å². The summed E-state index contributed by atoms with van der Waals surface area (Å²) < 4.78 is 5.58. The molecule has 1 fully saturated rings.